The Balaban J connectivity index is 1.56. The van der Waals surface area contributed by atoms with Crippen LogP contribution in [0, 0.1) is 0 Å². The average Bonchev–Trinajstić information content (AvgIpc) is 3.07. The molecular weight excluding hydrogens is 441 g/mol. The molecule has 1 amide bonds. The van der Waals surface area contributed by atoms with Crippen molar-refractivity contribution in [3.05, 3.63) is 98.7 Å². The summed E-state index contributed by atoms with van der Waals surface area (Å²) in [7, 11) is 0. The van der Waals surface area contributed by atoms with Gasteiger partial charge in [0.1, 0.15) is 5.82 Å². The number of carbonyl (C=O) groups is 1. The average molecular weight is 459 g/mol. The van der Waals surface area contributed by atoms with E-state index in [9.17, 15) is 4.79 Å². The number of rotatable bonds is 6. The molecule has 4 aromatic rings. The minimum atomic E-state index is -0.205. The number of benzene rings is 3. The number of nitrogens with one attached hydrogen (secondary N) is 1. The van der Waals surface area contributed by atoms with Crippen LogP contribution in [0.4, 0.5) is 0 Å². The van der Waals surface area contributed by atoms with Gasteiger partial charge in [0.15, 0.2) is 0 Å². The first-order valence-corrected chi connectivity index (χ1v) is 10.6. The van der Waals surface area contributed by atoms with Gasteiger partial charge in [0.05, 0.1) is 28.2 Å². The molecule has 1 N–H and O–H groups in total. The summed E-state index contributed by atoms with van der Waals surface area (Å²) in [6.45, 7) is 0.992. The summed E-state index contributed by atoms with van der Waals surface area (Å²) in [5, 5.41) is 4.56. The molecule has 0 atom stereocenters. The van der Waals surface area contributed by atoms with Crippen molar-refractivity contribution in [3.8, 4) is 0 Å². The summed E-state index contributed by atoms with van der Waals surface area (Å²) >= 11 is 18.5. The molecule has 0 unspecified atom stereocenters. The Morgan fingerprint density at radius 3 is 2.50 bits per heavy atom. The molecule has 1 heterocycles. The van der Waals surface area contributed by atoms with Crippen LogP contribution in [-0.4, -0.2) is 22.0 Å². The van der Waals surface area contributed by atoms with Gasteiger partial charge >= 0.3 is 0 Å². The Hall–Kier alpha value is -2.53. The number of amides is 1. The van der Waals surface area contributed by atoms with Crippen molar-refractivity contribution in [2.24, 2.45) is 0 Å². The number of carbonyl (C=O) groups excluding carboxylic acids is 1. The minimum Gasteiger partial charge on any atom is -0.352 e. The molecule has 4 rings (SSSR count). The van der Waals surface area contributed by atoms with Gasteiger partial charge in [-0.05, 0) is 42.0 Å². The summed E-state index contributed by atoms with van der Waals surface area (Å²) in [6, 6.07) is 20.4. The first kappa shape index (κ1) is 20.7. The molecule has 0 saturated carbocycles. The lowest BCUT2D eigenvalue weighted by atomic mass is 10.2. The van der Waals surface area contributed by atoms with Crippen molar-refractivity contribution in [3.63, 3.8) is 0 Å². The molecule has 0 aliphatic heterocycles. The number of hydrogen-bond acceptors (Lipinski definition) is 2. The zero-order chi connectivity index (χ0) is 21.1. The van der Waals surface area contributed by atoms with Crippen LogP contribution >= 0.6 is 34.8 Å². The van der Waals surface area contributed by atoms with Crippen molar-refractivity contribution < 1.29 is 4.79 Å². The fraction of sp³-hybridized carbons (Fsp3) is 0.130. The van der Waals surface area contributed by atoms with Crippen molar-refractivity contribution in [1.82, 2.24) is 14.9 Å². The van der Waals surface area contributed by atoms with Crippen molar-refractivity contribution >= 4 is 51.7 Å². The Morgan fingerprint density at radius 2 is 1.70 bits per heavy atom. The van der Waals surface area contributed by atoms with Crippen molar-refractivity contribution in [2.75, 3.05) is 6.54 Å². The highest BCUT2D eigenvalue weighted by atomic mass is 35.5. The number of imidazole rings is 1. The molecule has 1 aromatic heterocycles. The van der Waals surface area contributed by atoms with Gasteiger partial charge in [0.2, 0.25) is 0 Å². The monoisotopic (exact) mass is 457 g/mol. The number of halogens is 3. The van der Waals surface area contributed by atoms with Gasteiger partial charge in [0.25, 0.3) is 5.91 Å². The molecule has 3 aromatic carbocycles. The molecule has 30 heavy (non-hydrogen) atoms. The first-order valence-electron chi connectivity index (χ1n) is 9.44. The van der Waals surface area contributed by atoms with E-state index in [1.807, 2.05) is 36.4 Å². The third kappa shape index (κ3) is 4.46. The van der Waals surface area contributed by atoms with E-state index in [0.717, 1.165) is 22.4 Å². The molecule has 0 aliphatic rings. The highest BCUT2D eigenvalue weighted by Gasteiger charge is 2.14. The maximum Gasteiger partial charge on any atom is 0.252 e. The van der Waals surface area contributed by atoms with Gasteiger partial charge in [-0.1, -0.05) is 65.1 Å². The lowest BCUT2D eigenvalue weighted by Gasteiger charge is -2.12. The Labute approximate surface area is 189 Å². The topological polar surface area (TPSA) is 46.9 Å². The smallest absolute Gasteiger partial charge is 0.252 e. The quantitative estimate of drug-likeness (QED) is 0.384. The predicted molar refractivity (Wildman–Crippen MR) is 123 cm³/mol. The number of para-hydroxylation sites is 2. The van der Waals surface area contributed by atoms with Crippen molar-refractivity contribution in [1.29, 1.82) is 0 Å². The Bertz CT molecular complexity index is 1220. The second-order valence-corrected chi connectivity index (χ2v) is 8.08. The molecule has 0 fully saturated rings. The van der Waals surface area contributed by atoms with Crippen LogP contribution in [0.2, 0.25) is 15.1 Å². The minimum absolute atomic E-state index is 0.205. The molecule has 0 bridgehead atoms. The lowest BCUT2D eigenvalue weighted by molar-refractivity contribution is 0.0954. The Kier molecular flexibility index (Phi) is 6.28. The molecule has 0 spiro atoms. The van der Waals surface area contributed by atoms with Crippen LogP contribution in [0.5, 0.6) is 0 Å². The molecular formula is C23H18Cl3N3O. The van der Waals surface area contributed by atoms with Gasteiger partial charge < -0.3 is 9.88 Å². The summed E-state index contributed by atoms with van der Waals surface area (Å²) < 4.78 is 2.12. The van der Waals surface area contributed by atoms with E-state index in [-0.39, 0.29) is 5.91 Å². The van der Waals surface area contributed by atoms with Crippen LogP contribution < -0.4 is 5.32 Å². The molecule has 7 heteroatoms. The van der Waals surface area contributed by atoms with E-state index in [2.05, 4.69) is 9.88 Å². The normalized spacial score (nSPS) is 11.0. The van der Waals surface area contributed by atoms with E-state index >= 15 is 0 Å². The lowest BCUT2D eigenvalue weighted by Crippen LogP contribution is -2.26. The van der Waals surface area contributed by atoms with Crippen LogP contribution in [0.1, 0.15) is 21.7 Å². The molecule has 4 nitrogen and oxygen atoms in total. The highest BCUT2D eigenvalue weighted by molar-refractivity contribution is 6.35. The second-order valence-electron chi connectivity index (χ2n) is 6.82. The van der Waals surface area contributed by atoms with E-state index < -0.39 is 0 Å². The predicted octanol–water partition coefficient (Wildman–Crippen LogP) is 6.02. The van der Waals surface area contributed by atoms with Gasteiger partial charge in [-0.15, -0.1) is 0 Å². The number of aromatic nitrogens is 2. The fourth-order valence-corrected chi connectivity index (χ4v) is 4.03. The molecule has 0 saturated heterocycles. The van der Waals surface area contributed by atoms with Gasteiger partial charge in [-0.2, -0.15) is 0 Å². The van der Waals surface area contributed by atoms with Crippen LogP contribution in [0.3, 0.4) is 0 Å². The molecule has 0 aliphatic carbocycles. The molecule has 0 radical (unpaired) electrons. The van der Waals surface area contributed by atoms with E-state index in [1.54, 1.807) is 30.3 Å². The van der Waals surface area contributed by atoms with E-state index in [1.165, 1.54) is 0 Å². The summed E-state index contributed by atoms with van der Waals surface area (Å²) in [5.41, 5.74) is 3.32. The zero-order valence-corrected chi connectivity index (χ0v) is 18.2. The van der Waals surface area contributed by atoms with Gasteiger partial charge in [-0.25, -0.2) is 4.98 Å². The largest absolute Gasteiger partial charge is 0.352 e. The van der Waals surface area contributed by atoms with Gasteiger partial charge in [0, 0.05) is 23.0 Å². The Morgan fingerprint density at radius 1 is 0.933 bits per heavy atom. The maximum absolute atomic E-state index is 12.4. The first-order chi connectivity index (χ1) is 14.5. The van der Waals surface area contributed by atoms with E-state index in [4.69, 9.17) is 39.8 Å². The summed E-state index contributed by atoms with van der Waals surface area (Å²) in [4.78, 5) is 17.2. The van der Waals surface area contributed by atoms with Gasteiger partial charge in [-0.3, -0.25) is 4.79 Å². The van der Waals surface area contributed by atoms with Crippen molar-refractivity contribution in [2.45, 2.75) is 13.0 Å². The van der Waals surface area contributed by atoms with Crippen LogP contribution in [0.15, 0.2) is 66.7 Å². The fourth-order valence-electron chi connectivity index (χ4n) is 3.34. The highest BCUT2D eigenvalue weighted by Crippen LogP contribution is 2.25. The zero-order valence-electron chi connectivity index (χ0n) is 15.9. The second kappa shape index (κ2) is 9.09. The molecule has 152 valence electrons. The number of nitrogens with zero attached hydrogens (tertiary/aromatic N) is 2. The summed E-state index contributed by atoms with van der Waals surface area (Å²) in [6.07, 6.45) is 0.566. The van der Waals surface area contributed by atoms with E-state index in [0.29, 0.717) is 40.1 Å². The number of hydrogen-bond donors (Lipinski definition) is 1. The van der Waals surface area contributed by atoms with Crippen LogP contribution in [0.25, 0.3) is 11.0 Å². The standard InChI is InChI=1S/C23H18Cl3N3O/c24-16-10-9-15(19(26)13-16)14-29-21-8-4-3-7-20(21)28-22(29)11-12-27-23(30)17-5-1-2-6-18(17)25/h1-10,13H,11-12,14H2,(H,27,30). The maximum atomic E-state index is 12.4. The van der Waals surface area contributed by atoms with Crippen LogP contribution in [-0.2, 0) is 13.0 Å². The third-order valence-corrected chi connectivity index (χ3v) is 5.75. The SMILES string of the molecule is O=C(NCCc1nc2ccccc2n1Cc1ccc(Cl)cc1Cl)c1ccccc1Cl. The number of fused-ring (bicyclic) bond motifs is 1. The summed E-state index contributed by atoms with van der Waals surface area (Å²) in [5.74, 6) is 0.658. The third-order valence-electron chi connectivity index (χ3n) is 4.83.